The standard InChI is InChI=1S/C19H17N3O3S/c1-11-17(26-19(20-11)14-5-9-16(24)10-6-14)12(2)21-22-18(25)13-3-7-15(23)8-4-13/h3-10,23-24H,1-2H3,(H,22,25)/b21-12+. The van der Waals surface area contributed by atoms with E-state index in [4.69, 9.17) is 0 Å². The third-order valence-electron chi connectivity index (χ3n) is 3.69. The Morgan fingerprint density at radius 1 is 1.04 bits per heavy atom. The second-order valence-electron chi connectivity index (χ2n) is 5.67. The summed E-state index contributed by atoms with van der Waals surface area (Å²) in [6.45, 7) is 3.69. The molecule has 0 radical (unpaired) electrons. The molecule has 3 rings (SSSR count). The highest BCUT2D eigenvalue weighted by Gasteiger charge is 2.13. The fourth-order valence-electron chi connectivity index (χ4n) is 2.32. The Morgan fingerprint density at radius 3 is 2.23 bits per heavy atom. The van der Waals surface area contributed by atoms with E-state index in [2.05, 4.69) is 15.5 Å². The molecule has 6 nitrogen and oxygen atoms in total. The molecular weight excluding hydrogens is 350 g/mol. The van der Waals surface area contributed by atoms with Crippen LogP contribution in [0.25, 0.3) is 10.6 Å². The Labute approximate surface area is 154 Å². The first-order valence-electron chi connectivity index (χ1n) is 7.85. The molecule has 1 amide bonds. The number of aromatic nitrogens is 1. The van der Waals surface area contributed by atoms with Crippen LogP contribution in [0.2, 0.25) is 0 Å². The zero-order valence-corrected chi connectivity index (χ0v) is 15.0. The minimum absolute atomic E-state index is 0.100. The fraction of sp³-hybridized carbons (Fsp3) is 0.105. The molecule has 1 aromatic heterocycles. The number of hydrogen-bond donors (Lipinski definition) is 3. The highest BCUT2D eigenvalue weighted by molar-refractivity contribution is 7.17. The summed E-state index contributed by atoms with van der Waals surface area (Å²) in [4.78, 5) is 17.5. The number of aryl methyl sites for hydroxylation is 1. The van der Waals surface area contributed by atoms with Crippen LogP contribution in [0.4, 0.5) is 0 Å². The van der Waals surface area contributed by atoms with Gasteiger partial charge in [-0.3, -0.25) is 4.79 Å². The predicted molar refractivity (Wildman–Crippen MR) is 102 cm³/mol. The monoisotopic (exact) mass is 367 g/mol. The van der Waals surface area contributed by atoms with Gasteiger partial charge in [-0.25, -0.2) is 10.4 Å². The maximum Gasteiger partial charge on any atom is 0.271 e. The fourth-order valence-corrected chi connectivity index (χ4v) is 3.34. The minimum atomic E-state index is -0.356. The molecule has 0 aliphatic heterocycles. The SMILES string of the molecule is C/C(=N\NC(=O)c1ccc(O)cc1)c1sc(-c2ccc(O)cc2)nc1C. The van der Waals surface area contributed by atoms with Crippen LogP contribution in [0.15, 0.2) is 53.6 Å². The molecule has 2 aromatic carbocycles. The van der Waals surface area contributed by atoms with E-state index in [1.807, 2.05) is 6.92 Å². The van der Waals surface area contributed by atoms with Crippen molar-refractivity contribution < 1.29 is 15.0 Å². The second kappa shape index (κ2) is 7.37. The summed E-state index contributed by atoms with van der Waals surface area (Å²) in [5, 5.41) is 23.6. The van der Waals surface area contributed by atoms with Crippen LogP contribution in [0.3, 0.4) is 0 Å². The summed E-state index contributed by atoms with van der Waals surface area (Å²) in [7, 11) is 0. The van der Waals surface area contributed by atoms with Crippen molar-refractivity contribution in [2.24, 2.45) is 5.10 Å². The topological polar surface area (TPSA) is 94.8 Å². The van der Waals surface area contributed by atoms with Gasteiger partial charge in [-0.2, -0.15) is 5.10 Å². The number of phenolic OH excluding ortho intramolecular Hbond substituents is 2. The van der Waals surface area contributed by atoms with E-state index >= 15 is 0 Å². The number of hydrogen-bond acceptors (Lipinski definition) is 6. The third-order valence-corrected chi connectivity index (χ3v) is 5.01. The molecule has 0 fully saturated rings. The maximum absolute atomic E-state index is 12.1. The molecule has 0 aliphatic carbocycles. The van der Waals surface area contributed by atoms with Crippen molar-refractivity contribution >= 4 is 23.0 Å². The molecule has 0 atom stereocenters. The van der Waals surface area contributed by atoms with Crippen molar-refractivity contribution in [3.8, 4) is 22.1 Å². The summed E-state index contributed by atoms with van der Waals surface area (Å²) < 4.78 is 0. The largest absolute Gasteiger partial charge is 0.508 e. The van der Waals surface area contributed by atoms with Gasteiger partial charge in [-0.15, -0.1) is 11.3 Å². The Kier molecular flexibility index (Phi) is 4.99. The van der Waals surface area contributed by atoms with E-state index < -0.39 is 0 Å². The number of carbonyl (C=O) groups is 1. The van der Waals surface area contributed by atoms with Crippen molar-refractivity contribution in [3.63, 3.8) is 0 Å². The lowest BCUT2D eigenvalue weighted by molar-refractivity contribution is 0.0955. The van der Waals surface area contributed by atoms with Crippen molar-refractivity contribution in [1.82, 2.24) is 10.4 Å². The number of aromatic hydroxyl groups is 2. The maximum atomic E-state index is 12.1. The molecular formula is C19H17N3O3S. The number of phenols is 2. The molecule has 7 heteroatoms. The molecule has 1 heterocycles. The first kappa shape index (κ1) is 17.6. The molecule has 132 valence electrons. The molecule has 0 bridgehead atoms. The Balaban J connectivity index is 1.77. The predicted octanol–water partition coefficient (Wildman–Crippen LogP) is 3.68. The average Bonchev–Trinajstić information content (AvgIpc) is 3.02. The van der Waals surface area contributed by atoms with Crippen molar-refractivity contribution in [1.29, 1.82) is 0 Å². The summed E-state index contributed by atoms with van der Waals surface area (Å²) in [6, 6.07) is 12.8. The number of nitrogens with one attached hydrogen (secondary N) is 1. The zero-order chi connectivity index (χ0) is 18.7. The van der Waals surface area contributed by atoms with Gasteiger partial charge in [0.15, 0.2) is 0 Å². The van der Waals surface area contributed by atoms with Gasteiger partial charge >= 0.3 is 0 Å². The molecule has 26 heavy (non-hydrogen) atoms. The Bertz CT molecular complexity index is 961. The van der Waals surface area contributed by atoms with Gasteiger partial charge < -0.3 is 10.2 Å². The van der Waals surface area contributed by atoms with Crippen LogP contribution in [0, 0.1) is 6.92 Å². The lowest BCUT2D eigenvalue weighted by Gasteiger charge is -2.02. The van der Waals surface area contributed by atoms with Crippen molar-refractivity contribution in [3.05, 3.63) is 64.7 Å². The number of benzene rings is 2. The van der Waals surface area contributed by atoms with Crippen LogP contribution in [-0.2, 0) is 0 Å². The second-order valence-corrected chi connectivity index (χ2v) is 6.66. The summed E-state index contributed by atoms with van der Waals surface area (Å²) in [5.74, 6) is -0.0505. The summed E-state index contributed by atoms with van der Waals surface area (Å²) >= 11 is 1.47. The number of nitrogens with zero attached hydrogens (tertiary/aromatic N) is 2. The van der Waals surface area contributed by atoms with Gasteiger partial charge in [0.2, 0.25) is 0 Å². The van der Waals surface area contributed by atoms with Crippen LogP contribution in [0.1, 0.15) is 27.9 Å². The van der Waals surface area contributed by atoms with Crippen molar-refractivity contribution in [2.45, 2.75) is 13.8 Å². The van der Waals surface area contributed by atoms with E-state index in [0.29, 0.717) is 11.3 Å². The first-order chi connectivity index (χ1) is 12.4. The Morgan fingerprint density at radius 2 is 1.62 bits per heavy atom. The van der Waals surface area contributed by atoms with E-state index in [9.17, 15) is 15.0 Å². The zero-order valence-electron chi connectivity index (χ0n) is 14.2. The first-order valence-corrected chi connectivity index (χ1v) is 8.66. The van der Waals surface area contributed by atoms with E-state index in [1.165, 1.54) is 35.6 Å². The summed E-state index contributed by atoms with van der Waals surface area (Å²) in [5.41, 5.74) is 5.29. The lowest BCUT2D eigenvalue weighted by atomic mass is 10.2. The minimum Gasteiger partial charge on any atom is -0.508 e. The number of hydrazone groups is 1. The van der Waals surface area contributed by atoms with Crippen LogP contribution < -0.4 is 5.43 Å². The Hall–Kier alpha value is -3.19. The van der Waals surface area contributed by atoms with Gasteiger partial charge in [0.1, 0.15) is 16.5 Å². The van der Waals surface area contributed by atoms with E-state index in [1.54, 1.807) is 31.2 Å². The van der Waals surface area contributed by atoms with Gasteiger partial charge in [0.05, 0.1) is 16.3 Å². The number of carbonyl (C=O) groups excluding carboxylic acids is 1. The quantitative estimate of drug-likeness (QED) is 0.484. The van der Waals surface area contributed by atoms with Gasteiger partial charge in [-0.05, 0) is 62.4 Å². The third kappa shape index (κ3) is 3.89. The highest BCUT2D eigenvalue weighted by Crippen LogP contribution is 2.29. The lowest BCUT2D eigenvalue weighted by Crippen LogP contribution is -2.19. The smallest absolute Gasteiger partial charge is 0.271 e. The molecule has 0 unspecified atom stereocenters. The van der Waals surface area contributed by atoms with Crippen LogP contribution in [-0.4, -0.2) is 26.8 Å². The highest BCUT2D eigenvalue weighted by atomic mass is 32.1. The number of thiazole rings is 1. The average molecular weight is 367 g/mol. The molecule has 0 aliphatic rings. The molecule has 3 aromatic rings. The normalized spacial score (nSPS) is 11.4. The van der Waals surface area contributed by atoms with Gasteiger partial charge in [0.25, 0.3) is 5.91 Å². The number of amides is 1. The van der Waals surface area contributed by atoms with Gasteiger partial charge in [0, 0.05) is 11.1 Å². The summed E-state index contributed by atoms with van der Waals surface area (Å²) in [6.07, 6.45) is 0. The van der Waals surface area contributed by atoms with Gasteiger partial charge in [-0.1, -0.05) is 0 Å². The van der Waals surface area contributed by atoms with E-state index in [-0.39, 0.29) is 17.4 Å². The number of rotatable bonds is 4. The van der Waals surface area contributed by atoms with Crippen LogP contribution >= 0.6 is 11.3 Å². The molecule has 3 N–H and O–H groups in total. The van der Waals surface area contributed by atoms with E-state index in [0.717, 1.165) is 21.1 Å². The van der Waals surface area contributed by atoms with Crippen LogP contribution in [0.5, 0.6) is 11.5 Å². The molecule has 0 saturated heterocycles. The molecule has 0 spiro atoms. The molecule has 0 saturated carbocycles. The van der Waals surface area contributed by atoms with Crippen molar-refractivity contribution in [2.75, 3.05) is 0 Å².